The van der Waals surface area contributed by atoms with Crippen LogP contribution in [0.25, 0.3) is 17.0 Å². The molecule has 13 heteroatoms. The monoisotopic (exact) mass is 707 g/mol. The molecule has 2 aromatic heterocycles. The molecule has 0 aliphatic carbocycles. The number of methoxy groups -OCH3 is 1. The molecule has 5 aromatic rings. The number of H-pyrrole nitrogens is 1. The zero-order valence-electron chi connectivity index (χ0n) is 27.2. The van der Waals surface area contributed by atoms with Gasteiger partial charge in [0.2, 0.25) is 11.8 Å². The smallest absolute Gasteiger partial charge is 0.341 e. The Morgan fingerprint density at radius 2 is 1.76 bits per heavy atom. The highest BCUT2D eigenvalue weighted by Gasteiger charge is 2.30. The van der Waals surface area contributed by atoms with Gasteiger partial charge in [-0.05, 0) is 54.5 Å². The van der Waals surface area contributed by atoms with Crippen LogP contribution in [0.15, 0.2) is 95.7 Å². The molecule has 11 nitrogen and oxygen atoms in total. The number of nitrogens with one attached hydrogen (secondary N) is 4. The van der Waals surface area contributed by atoms with Crippen LogP contribution in [0.5, 0.6) is 0 Å². The van der Waals surface area contributed by atoms with E-state index in [9.17, 15) is 24.0 Å². The van der Waals surface area contributed by atoms with Crippen LogP contribution in [0.1, 0.15) is 43.6 Å². The van der Waals surface area contributed by atoms with Crippen LogP contribution >= 0.6 is 23.1 Å². The van der Waals surface area contributed by atoms with E-state index in [1.807, 2.05) is 30.3 Å². The average Bonchev–Trinajstić information content (AvgIpc) is 3.70. The third-order valence-electron chi connectivity index (χ3n) is 8.06. The van der Waals surface area contributed by atoms with Gasteiger partial charge in [-0.25, -0.2) is 4.79 Å². The highest BCUT2D eigenvalue weighted by atomic mass is 32.2. The summed E-state index contributed by atoms with van der Waals surface area (Å²) in [5.74, 6) is -1.85. The summed E-state index contributed by atoms with van der Waals surface area (Å²) in [4.78, 5) is 70.9. The molecular weight excluding hydrogens is 675 g/mol. The molecule has 0 atom stereocenters. The minimum absolute atomic E-state index is 0.0268. The number of carbonyl (C=O) groups is 5. The zero-order chi connectivity index (χ0) is 35.2. The van der Waals surface area contributed by atoms with Gasteiger partial charge in [0, 0.05) is 57.2 Å². The maximum absolute atomic E-state index is 13.6. The molecule has 50 heavy (non-hydrogen) atoms. The Kier molecular flexibility index (Phi) is 10.4. The molecule has 254 valence electrons. The van der Waals surface area contributed by atoms with Gasteiger partial charge < -0.3 is 30.6 Å². The highest BCUT2D eigenvalue weighted by Crippen LogP contribution is 2.38. The number of carbonyl (C=O) groups excluding carboxylic acids is 5. The zero-order valence-corrected chi connectivity index (χ0v) is 28.8. The Morgan fingerprint density at radius 1 is 0.980 bits per heavy atom. The topological polar surface area (TPSA) is 150 Å². The standard InChI is InChI=1S/C37H33N5O6S2/c1-22(43)42-16-15-28-31(20-42)50-36(33(28)37(47)48-2)41-32(44)21-49-26-12-8-11-25(18-26)39-35(46)30(40-34(45)23-9-4-3-5-10-23)17-24-19-38-29-14-7-6-13-27(24)29/h3-14,17-19,38H,15-16,20-21H2,1-2H3,(H,39,46)(H,40,45)(H,41,44)/b30-17-. The number of hydrogen-bond acceptors (Lipinski definition) is 8. The summed E-state index contributed by atoms with van der Waals surface area (Å²) in [6, 6.07) is 23.3. The average molecular weight is 708 g/mol. The number of thioether (sulfide) groups is 1. The number of esters is 1. The van der Waals surface area contributed by atoms with Gasteiger partial charge >= 0.3 is 5.97 Å². The molecule has 4 N–H and O–H groups in total. The van der Waals surface area contributed by atoms with Crippen molar-refractivity contribution in [3.8, 4) is 0 Å². The molecule has 6 rings (SSSR count). The van der Waals surface area contributed by atoms with Crippen molar-refractivity contribution in [2.75, 3.05) is 30.0 Å². The molecule has 1 aliphatic heterocycles. The lowest BCUT2D eigenvalue weighted by molar-refractivity contribution is -0.129. The Bertz CT molecular complexity index is 2140. The maximum atomic E-state index is 13.6. The largest absolute Gasteiger partial charge is 0.465 e. The molecule has 0 radical (unpaired) electrons. The van der Waals surface area contributed by atoms with Gasteiger partial charge in [0.15, 0.2) is 0 Å². The summed E-state index contributed by atoms with van der Waals surface area (Å²) in [5.41, 5.74) is 3.66. The van der Waals surface area contributed by atoms with Crippen LogP contribution < -0.4 is 16.0 Å². The molecular formula is C37H33N5O6S2. The number of nitrogens with zero attached hydrogens (tertiary/aromatic N) is 1. The van der Waals surface area contributed by atoms with Gasteiger partial charge in [-0.2, -0.15) is 0 Å². The second kappa shape index (κ2) is 15.3. The summed E-state index contributed by atoms with van der Waals surface area (Å²) in [6.45, 7) is 2.36. The number of fused-ring (bicyclic) bond motifs is 2. The normalized spacial score (nSPS) is 12.6. The number of ether oxygens (including phenoxy) is 1. The molecule has 0 saturated carbocycles. The first kappa shape index (κ1) is 34.2. The number of para-hydroxylation sites is 1. The van der Waals surface area contributed by atoms with Crippen molar-refractivity contribution in [3.63, 3.8) is 0 Å². The van der Waals surface area contributed by atoms with Crippen LogP contribution in [0.3, 0.4) is 0 Å². The number of hydrogen-bond donors (Lipinski definition) is 4. The molecule has 0 saturated heterocycles. The summed E-state index contributed by atoms with van der Waals surface area (Å²) >= 11 is 2.53. The Balaban J connectivity index is 1.15. The van der Waals surface area contributed by atoms with E-state index in [0.717, 1.165) is 26.9 Å². The van der Waals surface area contributed by atoms with Crippen LogP contribution in [0.2, 0.25) is 0 Å². The number of thiophene rings is 1. The molecule has 1 aliphatic rings. The lowest BCUT2D eigenvalue weighted by Gasteiger charge is -2.25. The number of amides is 4. The number of rotatable bonds is 10. The minimum Gasteiger partial charge on any atom is -0.465 e. The van der Waals surface area contributed by atoms with Crippen molar-refractivity contribution in [2.24, 2.45) is 0 Å². The Labute approximate surface area is 296 Å². The Hall–Kier alpha value is -5.66. The highest BCUT2D eigenvalue weighted by molar-refractivity contribution is 8.00. The van der Waals surface area contributed by atoms with E-state index in [1.54, 1.807) is 65.7 Å². The van der Waals surface area contributed by atoms with Crippen LogP contribution in [0.4, 0.5) is 10.7 Å². The van der Waals surface area contributed by atoms with Gasteiger partial charge in [-0.15, -0.1) is 23.1 Å². The fourth-order valence-electron chi connectivity index (χ4n) is 5.56. The van der Waals surface area contributed by atoms with Crippen molar-refractivity contribution >= 4 is 80.4 Å². The van der Waals surface area contributed by atoms with Crippen molar-refractivity contribution in [1.29, 1.82) is 0 Å². The number of benzene rings is 3. The second-order valence-electron chi connectivity index (χ2n) is 11.4. The molecule has 3 heterocycles. The van der Waals surface area contributed by atoms with Crippen LogP contribution in [-0.4, -0.2) is 58.9 Å². The van der Waals surface area contributed by atoms with Gasteiger partial charge in [0.1, 0.15) is 10.7 Å². The summed E-state index contributed by atoms with van der Waals surface area (Å²) < 4.78 is 5.01. The third kappa shape index (κ3) is 7.80. The molecule has 0 bridgehead atoms. The van der Waals surface area contributed by atoms with Gasteiger partial charge in [0.05, 0.1) is 25.0 Å². The maximum Gasteiger partial charge on any atom is 0.341 e. The van der Waals surface area contributed by atoms with E-state index >= 15 is 0 Å². The van der Waals surface area contributed by atoms with E-state index in [-0.39, 0.29) is 23.3 Å². The van der Waals surface area contributed by atoms with Crippen LogP contribution in [0, 0.1) is 0 Å². The second-order valence-corrected chi connectivity index (χ2v) is 13.5. The van der Waals surface area contributed by atoms with Gasteiger partial charge in [-0.1, -0.05) is 42.5 Å². The van der Waals surface area contributed by atoms with E-state index in [0.29, 0.717) is 46.2 Å². The van der Waals surface area contributed by atoms with Crippen molar-refractivity contribution < 1.29 is 28.7 Å². The molecule has 3 aromatic carbocycles. The number of aromatic nitrogens is 1. The molecule has 4 amide bonds. The quantitative estimate of drug-likeness (QED) is 0.0783. The number of anilines is 2. The Morgan fingerprint density at radius 3 is 2.54 bits per heavy atom. The molecule has 0 unspecified atom stereocenters. The predicted octanol–water partition coefficient (Wildman–Crippen LogP) is 6.06. The van der Waals surface area contributed by atoms with Crippen molar-refractivity contribution in [1.82, 2.24) is 15.2 Å². The first-order valence-electron chi connectivity index (χ1n) is 15.7. The van der Waals surface area contributed by atoms with E-state index < -0.39 is 17.8 Å². The number of aromatic amines is 1. The predicted molar refractivity (Wildman–Crippen MR) is 195 cm³/mol. The molecule has 0 fully saturated rings. The van der Waals surface area contributed by atoms with Crippen molar-refractivity contribution in [2.45, 2.75) is 24.8 Å². The fraction of sp³-hybridized carbons (Fsp3) is 0.162. The lowest BCUT2D eigenvalue weighted by Crippen LogP contribution is -2.33. The van der Waals surface area contributed by atoms with Gasteiger partial charge in [0.25, 0.3) is 11.8 Å². The van der Waals surface area contributed by atoms with Crippen LogP contribution in [-0.2, 0) is 32.1 Å². The SMILES string of the molecule is COC(=O)c1c(NC(=O)CSc2cccc(NC(=O)/C(=C/c3c[nH]c4ccccc34)NC(=O)c3ccccc3)c2)sc2c1CCN(C(C)=O)C2. The van der Waals surface area contributed by atoms with E-state index in [2.05, 4.69) is 20.9 Å². The third-order valence-corrected chi connectivity index (χ3v) is 10.2. The van der Waals surface area contributed by atoms with E-state index in [4.69, 9.17) is 4.74 Å². The molecule has 0 spiro atoms. The van der Waals surface area contributed by atoms with Crippen molar-refractivity contribution in [3.05, 3.63) is 118 Å². The van der Waals surface area contributed by atoms with E-state index in [1.165, 1.54) is 37.1 Å². The fourth-order valence-corrected chi connectivity index (χ4v) is 7.59. The summed E-state index contributed by atoms with van der Waals surface area (Å²) in [5, 5.41) is 9.78. The first-order valence-corrected chi connectivity index (χ1v) is 17.5. The first-order chi connectivity index (χ1) is 24.2. The van der Waals surface area contributed by atoms with Gasteiger partial charge in [-0.3, -0.25) is 19.2 Å². The minimum atomic E-state index is -0.539. The summed E-state index contributed by atoms with van der Waals surface area (Å²) in [7, 11) is 1.29. The lowest BCUT2D eigenvalue weighted by atomic mass is 10.0. The summed E-state index contributed by atoms with van der Waals surface area (Å²) in [6.07, 6.45) is 3.89.